The van der Waals surface area contributed by atoms with Gasteiger partial charge in [0.25, 0.3) is 0 Å². The Labute approximate surface area is 101 Å². The van der Waals surface area contributed by atoms with E-state index in [1.807, 2.05) is 24.3 Å². The second-order valence-corrected chi connectivity index (χ2v) is 5.12. The van der Waals surface area contributed by atoms with E-state index in [2.05, 4.69) is 13.8 Å². The van der Waals surface area contributed by atoms with Crippen molar-refractivity contribution in [3.63, 3.8) is 0 Å². The zero-order chi connectivity index (χ0) is 12.0. The standard InChI is InChI=1S/C13H21NOSi/c1-3-10(13(16)4-2)9-15-12-8-6-5-7-11(12)14/h5-8H,3-4,9,14H2,1-2,16H3. The minimum atomic E-state index is 0.678. The molecule has 0 unspecified atom stereocenters. The van der Waals surface area contributed by atoms with Crippen LogP contribution in [0.15, 0.2) is 35.0 Å². The van der Waals surface area contributed by atoms with Crippen molar-refractivity contribution in [3.8, 4) is 5.75 Å². The van der Waals surface area contributed by atoms with Gasteiger partial charge in [-0.2, -0.15) is 0 Å². The van der Waals surface area contributed by atoms with Crippen LogP contribution in [0.25, 0.3) is 0 Å². The fourth-order valence-corrected chi connectivity index (χ4v) is 2.05. The van der Waals surface area contributed by atoms with Crippen LogP contribution in [0.1, 0.15) is 26.7 Å². The van der Waals surface area contributed by atoms with Crippen molar-refractivity contribution in [1.82, 2.24) is 0 Å². The maximum Gasteiger partial charge on any atom is 0.142 e. The first-order chi connectivity index (χ1) is 7.69. The van der Waals surface area contributed by atoms with E-state index in [1.54, 1.807) is 5.20 Å². The summed E-state index contributed by atoms with van der Waals surface area (Å²) in [7, 11) is 1.13. The monoisotopic (exact) mass is 235 g/mol. The van der Waals surface area contributed by atoms with E-state index in [0.29, 0.717) is 12.3 Å². The van der Waals surface area contributed by atoms with Crippen LogP contribution in [0, 0.1) is 0 Å². The Bertz CT molecular complexity index is 374. The van der Waals surface area contributed by atoms with Crippen molar-refractivity contribution in [2.75, 3.05) is 12.3 Å². The molecule has 0 heterocycles. The molecule has 0 atom stereocenters. The Kier molecular flexibility index (Phi) is 5.12. The third kappa shape index (κ3) is 3.42. The number of allylic oxidation sites excluding steroid dienone is 1. The summed E-state index contributed by atoms with van der Waals surface area (Å²) in [4.78, 5) is 0. The molecule has 0 aromatic heterocycles. The number of ether oxygens (including phenoxy) is 1. The minimum Gasteiger partial charge on any atom is -0.487 e. The average Bonchev–Trinajstić information content (AvgIpc) is 2.31. The molecule has 0 spiro atoms. The smallest absolute Gasteiger partial charge is 0.142 e. The number of para-hydroxylation sites is 2. The first kappa shape index (κ1) is 12.8. The molecule has 1 rings (SSSR count). The molecule has 0 aliphatic rings. The van der Waals surface area contributed by atoms with E-state index < -0.39 is 0 Å². The fourth-order valence-electron chi connectivity index (χ4n) is 1.55. The Balaban J connectivity index is 2.67. The van der Waals surface area contributed by atoms with Gasteiger partial charge in [0.15, 0.2) is 0 Å². The van der Waals surface area contributed by atoms with Gasteiger partial charge in [0.05, 0.1) is 5.69 Å². The molecule has 88 valence electrons. The maximum atomic E-state index is 5.82. The van der Waals surface area contributed by atoms with Crippen LogP contribution in [0.2, 0.25) is 0 Å². The van der Waals surface area contributed by atoms with Crippen LogP contribution in [-0.4, -0.2) is 16.8 Å². The fraction of sp³-hybridized carbons (Fsp3) is 0.385. The van der Waals surface area contributed by atoms with E-state index in [0.717, 1.165) is 28.8 Å². The lowest BCUT2D eigenvalue weighted by Crippen LogP contribution is -2.05. The molecule has 1 aromatic carbocycles. The van der Waals surface area contributed by atoms with Crippen LogP contribution in [0.3, 0.4) is 0 Å². The molecule has 16 heavy (non-hydrogen) atoms. The summed E-state index contributed by atoms with van der Waals surface area (Å²) in [6, 6.07) is 7.65. The summed E-state index contributed by atoms with van der Waals surface area (Å²) in [5, 5.41) is 1.55. The number of benzene rings is 1. The van der Waals surface area contributed by atoms with Crippen molar-refractivity contribution in [1.29, 1.82) is 0 Å². The average molecular weight is 235 g/mol. The topological polar surface area (TPSA) is 35.2 Å². The molecule has 0 aliphatic carbocycles. The van der Waals surface area contributed by atoms with Gasteiger partial charge in [0.1, 0.15) is 12.4 Å². The second kappa shape index (κ2) is 6.38. The van der Waals surface area contributed by atoms with Crippen LogP contribution >= 0.6 is 0 Å². The number of hydrogen-bond donors (Lipinski definition) is 1. The highest BCUT2D eigenvalue weighted by molar-refractivity contribution is 6.22. The largest absolute Gasteiger partial charge is 0.487 e. The zero-order valence-electron chi connectivity index (χ0n) is 10.4. The lowest BCUT2D eigenvalue weighted by atomic mass is 10.2. The van der Waals surface area contributed by atoms with Gasteiger partial charge in [-0.3, -0.25) is 0 Å². The van der Waals surface area contributed by atoms with Gasteiger partial charge < -0.3 is 10.5 Å². The number of hydrogen-bond acceptors (Lipinski definition) is 2. The maximum absolute atomic E-state index is 5.82. The lowest BCUT2D eigenvalue weighted by Gasteiger charge is -2.12. The van der Waals surface area contributed by atoms with Crippen molar-refractivity contribution < 1.29 is 4.74 Å². The Hall–Kier alpha value is -1.22. The summed E-state index contributed by atoms with van der Waals surface area (Å²) in [6.07, 6.45) is 2.21. The van der Waals surface area contributed by atoms with Crippen LogP contribution in [0.4, 0.5) is 5.69 Å². The summed E-state index contributed by atoms with van der Waals surface area (Å²) in [5.74, 6) is 0.791. The second-order valence-electron chi connectivity index (χ2n) is 3.92. The van der Waals surface area contributed by atoms with Gasteiger partial charge in [-0.15, -0.1) is 0 Å². The quantitative estimate of drug-likeness (QED) is 0.626. The third-order valence-electron chi connectivity index (χ3n) is 2.88. The molecule has 0 aliphatic heterocycles. The molecule has 0 radical (unpaired) electrons. The molecular weight excluding hydrogens is 214 g/mol. The molecule has 1 aromatic rings. The van der Waals surface area contributed by atoms with Crippen LogP contribution in [0.5, 0.6) is 5.75 Å². The highest BCUT2D eigenvalue weighted by Crippen LogP contribution is 2.21. The summed E-state index contributed by atoms with van der Waals surface area (Å²) < 4.78 is 5.75. The molecule has 0 bridgehead atoms. The normalized spacial score (nSPS) is 12.4. The highest BCUT2D eigenvalue weighted by Gasteiger charge is 2.02. The van der Waals surface area contributed by atoms with E-state index in [4.69, 9.17) is 10.5 Å². The molecule has 0 amide bonds. The number of anilines is 1. The van der Waals surface area contributed by atoms with E-state index >= 15 is 0 Å². The molecule has 0 fully saturated rings. The van der Waals surface area contributed by atoms with Crippen LogP contribution in [-0.2, 0) is 0 Å². The van der Waals surface area contributed by atoms with Crippen molar-refractivity contribution in [2.24, 2.45) is 0 Å². The van der Waals surface area contributed by atoms with E-state index in [-0.39, 0.29) is 0 Å². The van der Waals surface area contributed by atoms with Crippen molar-refractivity contribution in [2.45, 2.75) is 26.7 Å². The SMILES string of the molecule is CCC([SiH3])=C(CC)COc1ccccc1N. The predicted molar refractivity (Wildman–Crippen MR) is 73.9 cm³/mol. The molecule has 3 heteroatoms. The van der Waals surface area contributed by atoms with Gasteiger partial charge in [-0.05, 0) is 30.5 Å². The van der Waals surface area contributed by atoms with Gasteiger partial charge in [-0.25, -0.2) is 0 Å². The third-order valence-corrected chi connectivity index (χ3v) is 4.30. The highest BCUT2D eigenvalue weighted by atomic mass is 28.1. The minimum absolute atomic E-state index is 0.678. The van der Waals surface area contributed by atoms with E-state index in [9.17, 15) is 0 Å². The molecule has 0 saturated heterocycles. The van der Waals surface area contributed by atoms with Gasteiger partial charge in [0, 0.05) is 10.2 Å². The Morgan fingerprint density at radius 3 is 2.50 bits per heavy atom. The van der Waals surface area contributed by atoms with E-state index in [1.165, 1.54) is 5.57 Å². The summed E-state index contributed by atoms with van der Waals surface area (Å²) in [6.45, 7) is 5.06. The van der Waals surface area contributed by atoms with Crippen LogP contribution < -0.4 is 10.5 Å². The predicted octanol–water partition coefficient (Wildman–Crippen LogP) is 2.09. The summed E-state index contributed by atoms with van der Waals surface area (Å²) in [5.41, 5.74) is 7.96. The molecule has 2 N–H and O–H groups in total. The first-order valence-corrected chi connectivity index (χ1v) is 6.83. The Morgan fingerprint density at radius 1 is 1.25 bits per heavy atom. The number of nitrogen functional groups attached to an aromatic ring is 1. The van der Waals surface area contributed by atoms with Gasteiger partial charge >= 0.3 is 0 Å². The van der Waals surface area contributed by atoms with Crippen molar-refractivity contribution in [3.05, 3.63) is 35.0 Å². The van der Waals surface area contributed by atoms with Gasteiger partial charge in [-0.1, -0.05) is 31.2 Å². The molecule has 0 saturated carbocycles. The number of nitrogens with two attached hydrogens (primary N) is 1. The number of rotatable bonds is 5. The van der Waals surface area contributed by atoms with Crippen molar-refractivity contribution >= 4 is 15.9 Å². The molecule has 2 nitrogen and oxygen atoms in total. The van der Waals surface area contributed by atoms with Gasteiger partial charge in [0.2, 0.25) is 0 Å². The summed E-state index contributed by atoms with van der Waals surface area (Å²) >= 11 is 0. The lowest BCUT2D eigenvalue weighted by molar-refractivity contribution is 0.349. The zero-order valence-corrected chi connectivity index (χ0v) is 12.4. The molecular formula is C13H21NOSi. The first-order valence-electron chi connectivity index (χ1n) is 5.83. The Morgan fingerprint density at radius 2 is 1.94 bits per heavy atom.